The van der Waals surface area contributed by atoms with Crippen LogP contribution in [0, 0.1) is 0 Å². The number of ether oxygens (including phenoxy) is 1. The fourth-order valence-electron chi connectivity index (χ4n) is 3.10. The number of carbonyl (C=O) groups is 1. The average molecular weight is 468 g/mol. The molecule has 0 atom stereocenters. The van der Waals surface area contributed by atoms with Gasteiger partial charge >= 0.3 is 0 Å². The highest BCUT2D eigenvalue weighted by Gasteiger charge is 2.26. The highest BCUT2D eigenvalue weighted by molar-refractivity contribution is 7.89. The van der Waals surface area contributed by atoms with Crippen LogP contribution in [-0.2, 0) is 36.0 Å². The van der Waals surface area contributed by atoms with Crippen molar-refractivity contribution < 1.29 is 26.4 Å². The van der Waals surface area contributed by atoms with Crippen LogP contribution in [0.15, 0.2) is 58.3 Å². The fraction of sp³-hybridized carbons (Fsp3) is 0.350. The smallest absolute Gasteiger partial charge is 0.243 e. The van der Waals surface area contributed by atoms with Gasteiger partial charge in [-0.05, 0) is 48.4 Å². The van der Waals surface area contributed by atoms with E-state index in [0.29, 0.717) is 38.4 Å². The maximum atomic E-state index is 12.6. The third-order valence-electron chi connectivity index (χ3n) is 4.72. The summed E-state index contributed by atoms with van der Waals surface area (Å²) in [4.78, 5) is 11.3. The van der Waals surface area contributed by atoms with Crippen LogP contribution in [-0.4, -0.2) is 59.9 Å². The van der Waals surface area contributed by atoms with Gasteiger partial charge in [0.25, 0.3) is 0 Å². The normalized spacial score (nSPS) is 15.5. The summed E-state index contributed by atoms with van der Waals surface area (Å²) in [7, 11) is -7.25. The first-order valence-corrected chi connectivity index (χ1v) is 12.6. The Morgan fingerprint density at radius 3 is 2.10 bits per heavy atom. The number of morpholine rings is 1. The first-order valence-electron chi connectivity index (χ1n) is 9.73. The molecule has 2 aromatic carbocycles. The lowest BCUT2D eigenvalue weighted by atomic mass is 10.2. The van der Waals surface area contributed by atoms with Gasteiger partial charge in [-0.25, -0.2) is 21.6 Å². The molecule has 9 nitrogen and oxygen atoms in total. The van der Waals surface area contributed by atoms with Gasteiger partial charge in [-0.15, -0.1) is 0 Å². The van der Waals surface area contributed by atoms with Crippen molar-refractivity contribution >= 4 is 31.6 Å². The molecule has 11 heteroatoms. The Labute approximate surface area is 182 Å². The zero-order chi connectivity index (χ0) is 22.5. The number of sulfonamides is 2. The predicted octanol–water partition coefficient (Wildman–Crippen LogP) is 1.19. The molecule has 0 radical (unpaired) electrons. The van der Waals surface area contributed by atoms with E-state index in [0.717, 1.165) is 5.56 Å². The van der Waals surface area contributed by atoms with Crippen molar-refractivity contribution in [2.45, 2.75) is 23.1 Å². The van der Waals surface area contributed by atoms with Crippen molar-refractivity contribution in [1.82, 2.24) is 9.03 Å². The molecule has 2 aromatic rings. The Morgan fingerprint density at radius 2 is 1.52 bits per heavy atom. The molecule has 1 amide bonds. The Balaban J connectivity index is 1.57. The Bertz CT molecular complexity index is 1110. The maximum absolute atomic E-state index is 12.6. The van der Waals surface area contributed by atoms with E-state index in [1.807, 2.05) is 0 Å². The summed E-state index contributed by atoms with van der Waals surface area (Å²) in [6, 6.07) is 12.3. The number of carbonyl (C=O) groups excluding carboxylic acids is 1. The number of benzene rings is 2. The van der Waals surface area contributed by atoms with Gasteiger partial charge in [0.05, 0.1) is 23.0 Å². The van der Waals surface area contributed by atoms with Gasteiger partial charge in [0.15, 0.2) is 0 Å². The molecule has 1 aliphatic rings. The molecule has 0 aliphatic carbocycles. The van der Waals surface area contributed by atoms with E-state index in [4.69, 9.17) is 4.74 Å². The van der Waals surface area contributed by atoms with Crippen molar-refractivity contribution in [2.24, 2.45) is 0 Å². The van der Waals surface area contributed by atoms with E-state index in [1.54, 1.807) is 12.1 Å². The zero-order valence-corrected chi connectivity index (χ0v) is 18.7. The summed E-state index contributed by atoms with van der Waals surface area (Å²) in [5.41, 5.74) is 1.32. The molecule has 0 spiro atoms. The van der Waals surface area contributed by atoms with Crippen LogP contribution in [0.1, 0.15) is 12.5 Å². The van der Waals surface area contributed by atoms with Gasteiger partial charge in [0.1, 0.15) is 0 Å². The van der Waals surface area contributed by atoms with Crippen LogP contribution in [0.5, 0.6) is 0 Å². The SMILES string of the molecule is CC(=O)Nc1ccc(S(=O)(=O)NCCc2ccc(S(=O)(=O)N3CCOCC3)cc2)cc1. The molecule has 3 rings (SSSR count). The van der Waals surface area contributed by atoms with E-state index >= 15 is 0 Å². The Hall–Kier alpha value is -2.31. The standard InChI is InChI=1S/C20H25N3O6S2/c1-16(24)22-18-4-8-19(9-5-18)30(25,26)21-11-10-17-2-6-20(7-3-17)31(27,28)23-12-14-29-15-13-23/h2-9,21H,10-15H2,1H3,(H,22,24). The molecule has 2 N–H and O–H groups in total. The van der Waals surface area contributed by atoms with E-state index in [1.165, 1.54) is 47.6 Å². The molecule has 1 fully saturated rings. The summed E-state index contributed by atoms with van der Waals surface area (Å²) in [5, 5.41) is 2.58. The quantitative estimate of drug-likeness (QED) is 0.601. The van der Waals surface area contributed by atoms with Crippen LogP contribution in [0.4, 0.5) is 5.69 Å². The summed E-state index contributed by atoms with van der Waals surface area (Å²) in [5.74, 6) is -0.238. The summed E-state index contributed by atoms with van der Waals surface area (Å²) < 4.78 is 59.2. The van der Waals surface area contributed by atoms with Crippen LogP contribution < -0.4 is 10.0 Å². The minimum atomic E-state index is -3.70. The lowest BCUT2D eigenvalue weighted by Crippen LogP contribution is -2.40. The predicted molar refractivity (Wildman–Crippen MR) is 116 cm³/mol. The van der Waals surface area contributed by atoms with Crippen LogP contribution in [0.3, 0.4) is 0 Å². The first-order chi connectivity index (χ1) is 14.7. The van der Waals surface area contributed by atoms with Crippen molar-refractivity contribution in [3.63, 3.8) is 0 Å². The van der Waals surface area contributed by atoms with Gasteiger partial charge in [0, 0.05) is 32.2 Å². The molecule has 1 aliphatic heterocycles. The lowest BCUT2D eigenvalue weighted by molar-refractivity contribution is -0.114. The van der Waals surface area contributed by atoms with Crippen LogP contribution in [0.25, 0.3) is 0 Å². The van der Waals surface area contributed by atoms with Crippen LogP contribution >= 0.6 is 0 Å². The second-order valence-electron chi connectivity index (χ2n) is 7.01. The van der Waals surface area contributed by atoms with Gasteiger partial charge < -0.3 is 10.1 Å². The van der Waals surface area contributed by atoms with E-state index in [-0.39, 0.29) is 22.2 Å². The minimum Gasteiger partial charge on any atom is -0.379 e. The molecule has 31 heavy (non-hydrogen) atoms. The number of nitrogens with one attached hydrogen (secondary N) is 2. The average Bonchev–Trinajstić information content (AvgIpc) is 2.74. The number of nitrogens with zero attached hydrogens (tertiary/aromatic N) is 1. The summed E-state index contributed by atoms with van der Waals surface area (Å²) >= 11 is 0. The van der Waals surface area contributed by atoms with Crippen molar-refractivity contribution in [3.05, 3.63) is 54.1 Å². The molecule has 168 valence electrons. The maximum Gasteiger partial charge on any atom is 0.243 e. The molecule has 0 unspecified atom stereocenters. The summed E-state index contributed by atoms with van der Waals surface area (Å²) in [6.45, 7) is 2.96. The number of hydrogen-bond acceptors (Lipinski definition) is 6. The second-order valence-corrected chi connectivity index (χ2v) is 10.7. The molecular weight excluding hydrogens is 442 g/mol. The number of anilines is 1. The third-order valence-corrected chi connectivity index (χ3v) is 8.11. The minimum absolute atomic E-state index is 0.0913. The van der Waals surface area contributed by atoms with Gasteiger partial charge in [-0.1, -0.05) is 12.1 Å². The van der Waals surface area contributed by atoms with E-state index < -0.39 is 20.0 Å². The molecule has 0 saturated carbocycles. The van der Waals surface area contributed by atoms with Crippen molar-refractivity contribution in [2.75, 3.05) is 38.2 Å². The molecular formula is C20H25N3O6S2. The van der Waals surface area contributed by atoms with Crippen LogP contribution in [0.2, 0.25) is 0 Å². The molecule has 0 bridgehead atoms. The monoisotopic (exact) mass is 467 g/mol. The third kappa shape index (κ3) is 6.11. The molecule has 1 saturated heterocycles. The van der Waals surface area contributed by atoms with Gasteiger partial charge in [0.2, 0.25) is 26.0 Å². The Morgan fingerprint density at radius 1 is 0.935 bits per heavy atom. The second kappa shape index (κ2) is 9.88. The Kier molecular flexibility index (Phi) is 7.44. The van der Waals surface area contributed by atoms with Crippen molar-refractivity contribution in [1.29, 1.82) is 0 Å². The number of rotatable bonds is 8. The molecule has 1 heterocycles. The van der Waals surface area contributed by atoms with E-state index in [2.05, 4.69) is 10.0 Å². The summed E-state index contributed by atoms with van der Waals surface area (Å²) in [6.07, 6.45) is 0.404. The fourth-order valence-corrected chi connectivity index (χ4v) is 5.54. The first kappa shape index (κ1) is 23.4. The number of hydrogen-bond donors (Lipinski definition) is 2. The van der Waals surface area contributed by atoms with Crippen molar-refractivity contribution in [3.8, 4) is 0 Å². The van der Waals surface area contributed by atoms with Gasteiger partial charge in [-0.2, -0.15) is 4.31 Å². The van der Waals surface area contributed by atoms with E-state index in [9.17, 15) is 21.6 Å². The zero-order valence-electron chi connectivity index (χ0n) is 17.1. The topological polar surface area (TPSA) is 122 Å². The van der Waals surface area contributed by atoms with Gasteiger partial charge in [-0.3, -0.25) is 4.79 Å². The largest absolute Gasteiger partial charge is 0.379 e. The highest BCUT2D eigenvalue weighted by atomic mass is 32.2. The highest BCUT2D eigenvalue weighted by Crippen LogP contribution is 2.18. The molecule has 0 aromatic heterocycles. The lowest BCUT2D eigenvalue weighted by Gasteiger charge is -2.26. The number of amides is 1.